The van der Waals surface area contributed by atoms with Gasteiger partial charge in [0.15, 0.2) is 5.82 Å². The van der Waals surface area contributed by atoms with Crippen molar-refractivity contribution in [2.75, 3.05) is 5.01 Å². The first-order valence-corrected chi connectivity index (χ1v) is 6.56. The van der Waals surface area contributed by atoms with E-state index in [1.165, 1.54) is 5.01 Å². The first kappa shape index (κ1) is 11.9. The predicted molar refractivity (Wildman–Crippen MR) is 75.1 cm³/mol. The number of aromatic nitrogens is 8. The summed E-state index contributed by atoms with van der Waals surface area (Å²) in [7, 11) is 0. The van der Waals surface area contributed by atoms with E-state index in [4.69, 9.17) is 5.84 Å². The average Bonchev–Trinajstić information content (AvgIpc) is 3.15. The smallest absolute Gasteiger partial charge is 0.200 e. The Morgan fingerprint density at radius 2 is 1.71 bits per heavy atom. The lowest BCUT2D eigenvalue weighted by Crippen LogP contribution is -2.24. The van der Waals surface area contributed by atoms with Crippen LogP contribution in [0, 0.1) is 6.92 Å². The monoisotopic (exact) mass is 286 g/mol. The number of nitrogens with one attached hydrogen (secondary N) is 2. The SMILES string of the molecule is CCc1nc2c(N(N)c3c[nH]n4nc(C)nc34)c[nH]n2n1. The van der Waals surface area contributed by atoms with Gasteiger partial charge in [-0.3, -0.25) is 15.2 Å². The van der Waals surface area contributed by atoms with Crippen LogP contribution in [0.25, 0.3) is 11.3 Å². The molecule has 0 spiro atoms. The number of aromatic amines is 2. The fraction of sp³-hybridized carbons (Fsp3) is 0.273. The van der Waals surface area contributed by atoms with Gasteiger partial charge in [-0.1, -0.05) is 6.92 Å². The predicted octanol–water partition coefficient (Wildman–Crippen LogP) is 0.311. The van der Waals surface area contributed by atoms with E-state index in [9.17, 15) is 0 Å². The molecule has 0 radical (unpaired) electrons. The third-order valence-corrected chi connectivity index (χ3v) is 3.30. The minimum atomic E-state index is 0.657. The molecule has 10 heteroatoms. The molecule has 0 atom stereocenters. The first-order chi connectivity index (χ1) is 10.2. The number of fused-ring (bicyclic) bond motifs is 2. The van der Waals surface area contributed by atoms with E-state index in [0.29, 0.717) is 28.5 Å². The number of anilines is 2. The number of nitrogens with two attached hydrogens (primary N) is 1. The maximum atomic E-state index is 6.23. The third kappa shape index (κ3) is 1.62. The molecule has 0 fully saturated rings. The van der Waals surface area contributed by atoms with Crippen LogP contribution in [-0.4, -0.2) is 39.6 Å². The molecule has 4 aromatic heterocycles. The van der Waals surface area contributed by atoms with Gasteiger partial charge in [0.2, 0.25) is 11.3 Å². The second-order valence-corrected chi connectivity index (χ2v) is 4.70. The highest BCUT2D eigenvalue weighted by atomic mass is 15.5. The van der Waals surface area contributed by atoms with Gasteiger partial charge in [-0.25, -0.2) is 15.8 Å². The molecule has 21 heavy (non-hydrogen) atoms. The zero-order valence-corrected chi connectivity index (χ0v) is 11.6. The van der Waals surface area contributed by atoms with Crippen molar-refractivity contribution in [3.63, 3.8) is 0 Å². The highest BCUT2D eigenvalue weighted by molar-refractivity contribution is 5.80. The Kier molecular flexibility index (Phi) is 2.30. The average molecular weight is 286 g/mol. The van der Waals surface area contributed by atoms with Crippen LogP contribution < -0.4 is 10.9 Å². The Hall–Kier alpha value is -2.88. The van der Waals surface area contributed by atoms with E-state index in [1.807, 2.05) is 13.8 Å². The fourth-order valence-electron chi connectivity index (χ4n) is 2.29. The number of aryl methyl sites for hydroxylation is 2. The second kappa shape index (κ2) is 4.06. The van der Waals surface area contributed by atoms with Crippen LogP contribution in [0.1, 0.15) is 18.6 Å². The summed E-state index contributed by atoms with van der Waals surface area (Å²) >= 11 is 0. The molecule has 4 heterocycles. The fourth-order valence-corrected chi connectivity index (χ4v) is 2.29. The maximum absolute atomic E-state index is 6.23. The number of rotatable bonds is 3. The lowest BCUT2D eigenvalue weighted by molar-refractivity contribution is 0.789. The molecule has 108 valence electrons. The van der Waals surface area contributed by atoms with E-state index in [-0.39, 0.29) is 0 Å². The summed E-state index contributed by atoms with van der Waals surface area (Å²) in [5.41, 5.74) is 2.75. The quantitative estimate of drug-likeness (QED) is 0.368. The van der Waals surface area contributed by atoms with Gasteiger partial charge >= 0.3 is 0 Å². The van der Waals surface area contributed by atoms with Crippen molar-refractivity contribution in [3.05, 3.63) is 24.0 Å². The van der Waals surface area contributed by atoms with Gasteiger partial charge in [0.05, 0.1) is 0 Å². The number of hydrazine groups is 1. The molecule has 0 aliphatic carbocycles. The van der Waals surface area contributed by atoms with Crippen LogP contribution in [0.2, 0.25) is 0 Å². The van der Waals surface area contributed by atoms with Crippen LogP contribution in [0.5, 0.6) is 0 Å². The van der Waals surface area contributed by atoms with Gasteiger partial charge < -0.3 is 0 Å². The van der Waals surface area contributed by atoms with Crippen LogP contribution >= 0.6 is 0 Å². The molecule has 0 saturated carbocycles. The molecule has 0 bridgehead atoms. The number of H-pyrrole nitrogens is 2. The molecule has 0 amide bonds. The van der Waals surface area contributed by atoms with E-state index in [0.717, 1.165) is 12.2 Å². The van der Waals surface area contributed by atoms with Crippen LogP contribution in [0.3, 0.4) is 0 Å². The molecule has 0 aliphatic heterocycles. The van der Waals surface area contributed by atoms with Crippen LogP contribution in [0.4, 0.5) is 11.4 Å². The van der Waals surface area contributed by atoms with Crippen molar-refractivity contribution in [2.45, 2.75) is 20.3 Å². The Morgan fingerprint density at radius 1 is 1.10 bits per heavy atom. The molecule has 0 aliphatic rings. The zero-order chi connectivity index (χ0) is 14.6. The van der Waals surface area contributed by atoms with E-state index < -0.39 is 0 Å². The number of nitrogens with zero attached hydrogens (tertiary/aromatic N) is 7. The van der Waals surface area contributed by atoms with Gasteiger partial charge in [0, 0.05) is 18.8 Å². The topological polar surface area (TPSA) is 121 Å². The van der Waals surface area contributed by atoms with Gasteiger partial charge in [-0.2, -0.15) is 9.26 Å². The van der Waals surface area contributed by atoms with Gasteiger partial charge in [0.1, 0.15) is 17.2 Å². The maximum Gasteiger partial charge on any atom is 0.200 e. The van der Waals surface area contributed by atoms with Crippen molar-refractivity contribution in [1.82, 2.24) is 39.6 Å². The Bertz CT molecular complexity index is 922. The summed E-state index contributed by atoms with van der Waals surface area (Å²) in [5, 5.41) is 16.0. The van der Waals surface area contributed by atoms with E-state index in [2.05, 4.69) is 30.4 Å². The lowest BCUT2D eigenvalue weighted by atomic mass is 10.4. The highest BCUT2D eigenvalue weighted by Gasteiger charge is 2.19. The van der Waals surface area contributed by atoms with Crippen molar-refractivity contribution in [1.29, 1.82) is 0 Å². The van der Waals surface area contributed by atoms with Gasteiger partial charge in [0.25, 0.3) is 0 Å². The second-order valence-electron chi connectivity index (χ2n) is 4.70. The van der Waals surface area contributed by atoms with Gasteiger partial charge in [-0.15, -0.1) is 10.2 Å². The Balaban J connectivity index is 1.85. The Morgan fingerprint density at radius 3 is 2.38 bits per heavy atom. The van der Waals surface area contributed by atoms with E-state index in [1.54, 1.807) is 21.7 Å². The molecule has 0 saturated heterocycles. The normalized spacial score (nSPS) is 11.8. The van der Waals surface area contributed by atoms with Crippen molar-refractivity contribution < 1.29 is 0 Å². The summed E-state index contributed by atoms with van der Waals surface area (Å²) in [6, 6.07) is 0. The Labute approximate surface area is 118 Å². The lowest BCUT2D eigenvalue weighted by Gasteiger charge is -2.13. The summed E-state index contributed by atoms with van der Waals surface area (Å²) in [4.78, 5) is 8.80. The molecular weight excluding hydrogens is 272 g/mol. The molecule has 4 N–H and O–H groups in total. The summed E-state index contributed by atoms with van der Waals surface area (Å²) in [5.74, 6) is 7.66. The minimum Gasteiger partial charge on any atom is -0.281 e. The molecule has 10 nitrogen and oxygen atoms in total. The number of hydrogen-bond donors (Lipinski definition) is 3. The van der Waals surface area contributed by atoms with Crippen LogP contribution in [-0.2, 0) is 6.42 Å². The largest absolute Gasteiger partial charge is 0.281 e. The van der Waals surface area contributed by atoms with E-state index >= 15 is 0 Å². The third-order valence-electron chi connectivity index (χ3n) is 3.30. The van der Waals surface area contributed by atoms with Crippen molar-refractivity contribution >= 4 is 22.7 Å². The first-order valence-electron chi connectivity index (χ1n) is 6.56. The van der Waals surface area contributed by atoms with Crippen LogP contribution in [0.15, 0.2) is 12.4 Å². The zero-order valence-electron chi connectivity index (χ0n) is 11.6. The minimum absolute atomic E-state index is 0.657. The number of hydrogen-bond acceptors (Lipinski definition) is 6. The van der Waals surface area contributed by atoms with Gasteiger partial charge in [-0.05, 0) is 6.92 Å². The summed E-state index contributed by atoms with van der Waals surface area (Å²) in [6.07, 6.45) is 4.26. The molecule has 4 rings (SSSR count). The van der Waals surface area contributed by atoms with Crippen molar-refractivity contribution in [3.8, 4) is 0 Å². The molecular formula is C11H14N10. The molecule has 4 aromatic rings. The molecule has 0 unspecified atom stereocenters. The standard InChI is InChI=1S/C11H14N10/c1-3-9-16-11-8(5-14-21(11)18-9)19(12)7-4-13-20-10(7)15-6(2)17-20/h4-5,13-14H,3,12H2,1-2H3. The molecule has 0 aromatic carbocycles. The van der Waals surface area contributed by atoms with Crippen molar-refractivity contribution in [2.24, 2.45) is 5.84 Å². The summed E-state index contributed by atoms with van der Waals surface area (Å²) in [6.45, 7) is 3.83. The highest BCUT2D eigenvalue weighted by Crippen LogP contribution is 2.27. The summed E-state index contributed by atoms with van der Waals surface area (Å²) < 4.78 is 3.18.